The van der Waals surface area contributed by atoms with E-state index in [-0.39, 0.29) is 0 Å². The first-order valence-corrected chi connectivity index (χ1v) is 8.10. The normalized spacial score (nSPS) is 14.0. The van der Waals surface area contributed by atoms with E-state index in [0.29, 0.717) is 11.8 Å². The van der Waals surface area contributed by atoms with Crippen LogP contribution in [0.2, 0.25) is 5.28 Å². The summed E-state index contributed by atoms with van der Waals surface area (Å²) in [6.45, 7) is 3.57. The van der Waals surface area contributed by atoms with Crippen LogP contribution in [0.15, 0.2) is 29.4 Å². The number of benzene rings is 1. The Morgan fingerprint density at radius 1 is 1.13 bits per heavy atom. The highest BCUT2D eigenvalue weighted by atomic mass is 35.5. The molecular formula is C15H20ClN7. The Labute approximate surface area is 140 Å². The van der Waals surface area contributed by atoms with Crippen LogP contribution in [0, 0.1) is 0 Å². The number of rotatable bonds is 7. The van der Waals surface area contributed by atoms with Gasteiger partial charge in [0.05, 0.1) is 13.1 Å². The molecule has 1 aliphatic rings. The van der Waals surface area contributed by atoms with Crippen molar-refractivity contribution in [2.24, 2.45) is 5.10 Å². The van der Waals surface area contributed by atoms with E-state index in [1.54, 1.807) is 11.5 Å². The van der Waals surface area contributed by atoms with Gasteiger partial charge in [0.15, 0.2) is 0 Å². The van der Waals surface area contributed by atoms with Crippen molar-refractivity contribution in [3.63, 3.8) is 0 Å². The Hall–Kier alpha value is -2.12. The number of hydrogen-bond donors (Lipinski definition) is 2. The van der Waals surface area contributed by atoms with Crippen molar-refractivity contribution in [3.05, 3.63) is 46.5 Å². The van der Waals surface area contributed by atoms with Gasteiger partial charge in [0, 0.05) is 6.42 Å². The molecule has 1 aromatic heterocycles. The van der Waals surface area contributed by atoms with E-state index >= 15 is 0 Å². The van der Waals surface area contributed by atoms with Crippen LogP contribution >= 0.6 is 11.6 Å². The van der Waals surface area contributed by atoms with Gasteiger partial charge in [0.2, 0.25) is 5.28 Å². The number of unbranched alkanes of at least 4 members (excludes halogenated alkanes) is 1. The molecule has 0 radical (unpaired) electrons. The summed E-state index contributed by atoms with van der Waals surface area (Å²) >= 11 is 5.96. The van der Waals surface area contributed by atoms with Gasteiger partial charge in [-0.1, -0.05) is 37.6 Å². The van der Waals surface area contributed by atoms with Gasteiger partial charge in [0.25, 0.3) is 0 Å². The molecule has 2 heterocycles. The highest BCUT2D eigenvalue weighted by Gasteiger charge is 2.10. The topological polar surface area (TPSA) is 70.4 Å². The smallest absolute Gasteiger partial charge is 0.242 e. The second-order valence-corrected chi connectivity index (χ2v) is 5.79. The predicted octanol–water partition coefficient (Wildman–Crippen LogP) is 2.09. The van der Waals surface area contributed by atoms with Crippen LogP contribution in [0.4, 0.5) is 0 Å². The highest BCUT2D eigenvalue weighted by molar-refractivity contribution is 6.28. The maximum atomic E-state index is 5.96. The SMILES string of the molecule is CCCCc1nc(Cl)nn1Cc1ccc(CN2NC=NN2)cc1. The molecule has 0 atom stereocenters. The van der Waals surface area contributed by atoms with Crippen LogP contribution in [0.25, 0.3) is 0 Å². The molecule has 0 bridgehead atoms. The first-order valence-electron chi connectivity index (χ1n) is 7.72. The summed E-state index contributed by atoms with van der Waals surface area (Å²) in [7, 11) is 0. The first kappa shape index (κ1) is 15.8. The molecule has 8 heteroatoms. The Balaban J connectivity index is 1.63. The van der Waals surface area contributed by atoms with Crippen LogP contribution in [-0.4, -0.2) is 26.2 Å². The summed E-state index contributed by atoms with van der Waals surface area (Å²) in [4.78, 5) is 4.31. The number of halogens is 1. The predicted molar refractivity (Wildman–Crippen MR) is 89.5 cm³/mol. The van der Waals surface area contributed by atoms with E-state index < -0.39 is 0 Å². The van der Waals surface area contributed by atoms with Crippen molar-refractivity contribution in [1.82, 2.24) is 30.8 Å². The molecule has 0 spiro atoms. The van der Waals surface area contributed by atoms with E-state index in [1.165, 1.54) is 11.1 Å². The second-order valence-electron chi connectivity index (χ2n) is 5.45. The fourth-order valence-corrected chi connectivity index (χ4v) is 2.59. The molecule has 0 aliphatic carbocycles. The highest BCUT2D eigenvalue weighted by Crippen LogP contribution is 2.12. The van der Waals surface area contributed by atoms with E-state index in [2.05, 4.69) is 57.3 Å². The summed E-state index contributed by atoms with van der Waals surface area (Å²) in [6, 6.07) is 8.40. The minimum Gasteiger partial charge on any atom is -0.288 e. The molecule has 2 aromatic rings. The summed E-state index contributed by atoms with van der Waals surface area (Å²) in [5.74, 6) is 0.948. The summed E-state index contributed by atoms with van der Waals surface area (Å²) in [6.07, 6.45) is 4.73. The average Bonchev–Trinajstić information content (AvgIpc) is 3.17. The summed E-state index contributed by atoms with van der Waals surface area (Å²) in [5, 5.41) is 10.3. The quantitative estimate of drug-likeness (QED) is 0.812. The Morgan fingerprint density at radius 2 is 1.87 bits per heavy atom. The van der Waals surface area contributed by atoms with Gasteiger partial charge in [-0.3, -0.25) is 5.43 Å². The first-order chi connectivity index (χ1) is 11.2. The monoisotopic (exact) mass is 333 g/mol. The van der Waals surface area contributed by atoms with Gasteiger partial charge in [0.1, 0.15) is 12.2 Å². The number of aromatic nitrogens is 3. The molecule has 7 nitrogen and oxygen atoms in total. The maximum Gasteiger partial charge on any atom is 0.242 e. The number of nitrogens with one attached hydrogen (secondary N) is 2. The van der Waals surface area contributed by atoms with Gasteiger partial charge in [-0.15, -0.1) is 10.2 Å². The molecule has 2 N–H and O–H groups in total. The fourth-order valence-electron chi connectivity index (χ4n) is 2.40. The molecule has 0 fully saturated rings. The molecule has 0 saturated carbocycles. The molecule has 1 aromatic carbocycles. The maximum absolute atomic E-state index is 5.96. The standard InChI is InChI=1S/C15H20ClN7/c1-2-3-4-14-19-15(16)20-22(14)9-12-5-7-13(8-6-12)10-23-18-11-17-21-23/h5-8,11,21H,2-4,9-10H2,1H3,(H,17,18). The van der Waals surface area contributed by atoms with E-state index in [1.807, 2.05) is 4.68 Å². The third kappa shape index (κ3) is 4.20. The van der Waals surface area contributed by atoms with E-state index in [0.717, 1.165) is 31.6 Å². The van der Waals surface area contributed by atoms with Crippen LogP contribution in [0.3, 0.4) is 0 Å². The van der Waals surface area contributed by atoms with Gasteiger partial charge < -0.3 is 0 Å². The van der Waals surface area contributed by atoms with E-state index in [9.17, 15) is 0 Å². The Morgan fingerprint density at radius 3 is 2.52 bits per heavy atom. The third-order valence-corrected chi connectivity index (χ3v) is 3.79. The van der Waals surface area contributed by atoms with Crippen molar-refractivity contribution in [2.75, 3.05) is 0 Å². The number of hydrazone groups is 1. The molecule has 0 amide bonds. The lowest BCUT2D eigenvalue weighted by atomic mass is 10.1. The third-order valence-electron chi connectivity index (χ3n) is 3.63. The van der Waals surface area contributed by atoms with Crippen molar-refractivity contribution in [2.45, 2.75) is 39.3 Å². The van der Waals surface area contributed by atoms with Gasteiger partial charge in [-0.25, -0.2) is 15.2 Å². The zero-order chi connectivity index (χ0) is 16.1. The second kappa shape index (κ2) is 7.43. The lowest BCUT2D eigenvalue weighted by Crippen LogP contribution is -2.38. The largest absolute Gasteiger partial charge is 0.288 e. The van der Waals surface area contributed by atoms with Crippen molar-refractivity contribution in [3.8, 4) is 0 Å². The number of hydrogen-bond acceptors (Lipinski definition) is 6. The van der Waals surface area contributed by atoms with Crippen molar-refractivity contribution >= 4 is 17.9 Å². The van der Waals surface area contributed by atoms with Crippen molar-refractivity contribution in [1.29, 1.82) is 0 Å². The minimum absolute atomic E-state index is 0.318. The van der Waals surface area contributed by atoms with Gasteiger partial charge >= 0.3 is 0 Å². The van der Waals surface area contributed by atoms with Gasteiger partial charge in [-0.05, 0) is 29.1 Å². The number of nitrogens with zero attached hydrogens (tertiary/aromatic N) is 5. The number of hydrazine groups is 2. The fraction of sp³-hybridized carbons (Fsp3) is 0.400. The van der Waals surface area contributed by atoms with Crippen LogP contribution < -0.4 is 11.0 Å². The Kier molecular flexibility index (Phi) is 5.09. The van der Waals surface area contributed by atoms with E-state index in [4.69, 9.17) is 11.6 Å². The van der Waals surface area contributed by atoms with Crippen LogP contribution in [0.5, 0.6) is 0 Å². The zero-order valence-corrected chi connectivity index (χ0v) is 13.8. The summed E-state index contributed by atoms with van der Waals surface area (Å²) < 4.78 is 1.89. The van der Waals surface area contributed by atoms with Crippen molar-refractivity contribution < 1.29 is 0 Å². The molecule has 0 unspecified atom stereocenters. The molecule has 0 saturated heterocycles. The van der Waals surface area contributed by atoms with Crippen LogP contribution in [0.1, 0.15) is 36.7 Å². The molecular weight excluding hydrogens is 314 g/mol. The zero-order valence-electron chi connectivity index (χ0n) is 13.0. The lowest BCUT2D eigenvalue weighted by Gasteiger charge is -2.14. The summed E-state index contributed by atoms with van der Waals surface area (Å²) in [5.41, 5.74) is 8.18. The molecule has 23 heavy (non-hydrogen) atoms. The average molecular weight is 334 g/mol. The van der Waals surface area contributed by atoms with Gasteiger partial charge in [-0.2, -0.15) is 5.10 Å². The molecule has 3 rings (SSSR count). The Bertz CT molecular complexity index is 657. The lowest BCUT2D eigenvalue weighted by molar-refractivity contribution is 0.171. The van der Waals surface area contributed by atoms with Crippen LogP contribution in [-0.2, 0) is 19.5 Å². The molecule has 1 aliphatic heterocycles. The minimum atomic E-state index is 0.318. The molecule has 122 valence electrons. The number of aryl methyl sites for hydroxylation is 1.